The van der Waals surface area contributed by atoms with Gasteiger partial charge in [0, 0.05) is 23.9 Å². The van der Waals surface area contributed by atoms with Crippen molar-refractivity contribution in [1.82, 2.24) is 10.2 Å². The molecule has 7 heteroatoms. The van der Waals surface area contributed by atoms with E-state index >= 15 is 0 Å². The number of hydrogen-bond donors (Lipinski definition) is 2. The number of urea groups is 1. The van der Waals surface area contributed by atoms with Gasteiger partial charge in [0.05, 0.1) is 18.6 Å². The van der Waals surface area contributed by atoms with Gasteiger partial charge in [-0.25, -0.2) is 4.79 Å². The third kappa shape index (κ3) is 6.08. The summed E-state index contributed by atoms with van der Waals surface area (Å²) in [5, 5.41) is 13.5. The molecule has 2 aliphatic rings. The van der Waals surface area contributed by atoms with Gasteiger partial charge in [-0.2, -0.15) is 0 Å². The third-order valence-electron chi connectivity index (χ3n) is 7.90. The predicted octanol–water partition coefficient (Wildman–Crippen LogP) is 6.19. The first-order valence-electron chi connectivity index (χ1n) is 13.0. The topological polar surface area (TPSA) is 78.9 Å². The Morgan fingerprint density at radius 2 is 1.89 bits per heavy atom. The molecule has 0 aromatic heterocycles. The highest BCUT2D eigenvalue weighted by Gasteiger charge is 2.48. The summed E-state index contributed by atoms with van der Waals surface area (Å²) in [5.41, 5.74) is 2.26. The molecule has 2 amide bonds. The molecule has 1 aromatic carbocycles. The van der Waals surface area contributed by atoms with Crippen molar-refractivity contribution in [1.29, 1.82) is 0 Å². The van der Waals surface area contributed by atoms with Crippen molar-refractivity contribution in [2.45, 2.75) is 91.6 Å². The van der Waals surface area contributed by atoms with Crippen LogP contribution in [0.2, 0.25) is 5.02 Å². The lowest BCUT2D eigenvalue weighted by molar-refractivity contribution is -0.150. The number of nitrogens with one attached hydrogen (secondary N) is 1. The van der Waals surface area contributed by atoms with E-state index in [1.807, 2.05) is 19.2 Å². The SMILES string of the molecule is COC(=O)[C@H]1C[C@H](N2C=C(C(C)(C)CCCO)[C@](C)(c3ccc(CCC(C)(C)C)c(Cl)c3)NC2=O)C1. The Kier molecular flexibility index (Phi) is 8.51. The van der Waals surface area contributed by atoms with Crippen molar-refractivity contribution in [3.63, 3.8) is 0 Å². The number of carbonyl (C=O) groups excluding carboxylic acids is 2. The number of aliphatic hydroxyl groups excluding tert-OH is 1. The zero-order valence-corrected chi connectivity index (χ0v) is 23.7. The molecule has 0 saturated heterocycles. The molecule has 0 radical (unpaired) electrons. The number of halogens is 1. The second-order valence-electron chi connectivity index (χ2n) is 12.4. The van der Waals surface area contributed by atoms with Crippen LogP contribution < -0.4 is 5.32 Å². The number of ether oxygens (including phenoxy) is 1. The lowest BCUT2D eigenvalue weighted by atomic mass is 9.68. The highest BCUT2D eigenvalue weighted by molar-refractivity contribution is 6.31. The van der Waals surface area contributed by atoms with E-state index in [0.717, 1.165) is 36.0 Å². The van der Waals surface area contributed by atoms with Crippen LogP contribution in [0.1, 0.15) is 84.8 Å². The molecule has 3 rings (SSSR count). The lowest BCUT2D eigenvalue weighted by Crippen LogP contribution is -2.60. The largest absolute Gasteiger partial charge is 0.469 e. The predicted molar refractivity (Wildman–Crippen MR) is 144 cm³/mol. The molecular weight excluding hydrogens is 476 g/mol. The summed E-state index contributed by atoms with van der Waals surface area (Å²) in [6.07, 6.45) is 6.51. The first kappa shape index (κ1) is 28.5. The first-order chi connectivity index (χ1) is 16.7. The average Bonchev–Trinajstić information content (AvgIpc) is 2.76. The second kappa shape index (κ2) is 10.7. The Morgan fingerprint density at radius 3 is 2.44 bits per heavy atom. The Hall–Kier alpha value is -2.05. The Labute approximate surface area is 221 Å². The molecule has 1 aliphatic carbocycles. The van der Waals surface area contributed by atoms with Crippen molar-refractivity contribution in [3.05, 3.63) is 46.1 Å². The number of hydrogen-bond acceptors (Lipinski definition) is 4. The maximum atomic E-state index is 13.4. The van der Waals surface area contributed by atoms with Crippen LogP contribution in [0.15, 0.2) is 30.0 Å². The van der Waals surface area contributed by atoms with E-state index in [2.05, 4.69) is 52.1 Å². The zero-order valence-electron chi connectivity index (χ0n) is 22.9. The summed E-state index contributed by atoms with van der Waals surface area (Å²) in [6.45, 7) is 13.1. The van der Waals surface area contributed by atoms with Gasteiger partial charge in [0.2, 0.25) is 0 Å². The Morgan fingerprint density at radius 1 is 1.22 bits per heavy atom. The van der Waals surface area contributed by atoms with E-state index in [4.69, 9.17) is 16.3 Å². The standard InChI is InChI=1S/C29H43ClN2O4/c1-27(2,3)13-11-19-9-10-21(17-23(19)30)29(6)24(28(4,5)12-8-14-33)18-32(26(35)31-29)22-15-20(16-22)25(34)36-7/h9-10,17-18,20,22,33H,8,11-16H2,1-7H3,(H,31,35)/t20-,22-,29-/m0/s1. The van der Waals surface area contributed by atoms with Gasteiger partial charge in [-0.1, -0.05) is 58.4 Å². The molecule has 0 spiro atoms. The summed E-state index contributed by atoms with van der Waals surface area (Å²) in [6, 6.07) is 5.92. The number of aliphatic hydroxyl groups is 1. The van der Waals surface area contributed by atoms with E-state index in [0.29, 0.717) is 24.3 Å². The molecule has 0 bridgehead atoms. The maximum Gasteiger partial charge on any atom is 0.322 e. The van der Waals surface area contributed by atoms with Gasteiger partial charge in [0.25, 0.3) is 0 Å². The average molecular weight is 519 g/mol. The van der Waals surface area contributed by atoms with Gasteiger partial charge in [-0.05, 0) is 79.0 Å². The van der Waals surface area contributed by atoms with Crippen LogP contribution in [-0.4, -0.2) is 41.8 Å². The quantitative estimate of drug-likeness (QED) is 0.382. The van der Waals surface area contributed by atoms with Crippen molar-refractivity contribution in [3.8, 4) is 0 Å². The number of rotatable bonds is 9. The van der Waals surface area contributed by atoms with Crippen LogP contribution >= 0.6 is 11.6 Å². The minimum Gasteiger partial charge on any atom is -0.469 e. The van der Waals surface area contributed by atoms with Crippen LogP contribution in [0.3, 0.4) is 0 Å². The summed E-state index contributed by atoms with van der Waals surface area (Å²) >= 11 is 6.77. The fourth-order valence-electron chi connectivity index (χ4n) is 5.42. The molecule has 1 saturated carbocycles. The zero-order chi connectivity index (χ0) is 26.9. The maximum absolute atomic E-state index is 13.4. The summed E-state index contributed by atoms with van der Waals surface area (Å²) in [4.78, 5) is 27.0. The van der Waals surface area contributed by atoms with Gasteiger partial charge in [-0.15, -0.1) is 0 Å². The molecule has 1 aliphatic heterocycles. The molecule has 36 heavy (non-hydrogen) atoms. The minimum absolute atomic E-state index is 0.0503. The van der Waals surface area contributed by atoms with Gasteiger partial charge in [0.15, 0.2) is 0 Å². The molecule has 6 nitrogen and oxygen atoms in total. The van der Waals surface area contributed by atoms with E-state index < -0.39 is 5.54 Å². The first-order valence-corrected chi connectivity index (χ1v) is 13.4. The fraction of sp³-hybridized carbons (Fsp3) is 0.655. The smallest absolute Gasteiger partial charge is 0.322 e. The molecular formula is C29H43ClN2O4. The number of amides is 2. The molecule has 1 heterocycles. The van der Waals surface area contributed by atoms with Crippen LogP contribution in [0.4, 0.5) is 4.79 Å². The minimum atomic E-state index is -0.760. The highest BCUT2D eigenvalue weighted by atomic mass is 35.5. The normalized spacial score (nSPS) is 24.6. The van der Waals surface area contributed by atoms with Gasteiger partial charge in [-0.3, -0.25) is 9.69 Å². The summed E-state index contributed by atoms with van der Waals surface area (Å²) in [7, 11) is 1.40. The fourth-order valence-corrected chi connectivity index (χ4v) is 5.70. The molecule has 200 valence electrons. The number of carbonyl (C=O) groups is 2. The number of methoxy groups -OCH3 is 1. The lowest BCUT2D eigenvalue weighted by Gasteiger charge is -2.50. The molecule has 1 aromatic rings. The van der Waals surface area contributed by atoms with Crippen LogP contribution in [0.25, 0.3) is 0 Å². The second-order valence-corrected chi connectivity index (χ2v) is 12.8. The van der Waals surface area contributed by atoms with Gasteiger partial charge < -0.3 is 15.2 Å². The number of aryl methyl sites for hydroxylation is 1. The van der Waals surface area contributed by atoms with Crippen molar-refractivity contribution >= 4 is 23.6 Å². The van der Waals surface area contributed by atoms with E-state index in [1.165, 1.54) is 7.11 Å². The van der Waals surface area contributed by atoms with E-state index in [1.54, 1.807) is 4.90 Å². The third-order valence-corrected chi connectivity index (χ3v) is 8.26. The van der Waals surface area contributed by atoms with Crippen LogP contribution in [-0.2, 0) is 21.5 Å². The Bertz CT molecular complexity index is 1010. The Balaban J connectivity index is 1.97. The van der Waals surface area contributed by atoms with Crippen molar-refractivity contribution in [2.24, 2.45) is 16.7 Å². The van der Waals surface area contributed by atoms with Gasteiger partial charge >= 0.3 is 12.0 Å². The highest BCUT2D eigenvalue weighted by Crippen LogP contribution is 2.47. The number of benzene rings is 1. The van der Waals surface area contributed by atoms with Crippen LogP contribution in [0.5, 0.6) is 0 Å². The van der Waals surface area contributed by atoms with Crippen molar-refractivity contribution in [2.75, 3.05) is 13.7 Å². The molecule has 1 atom stereocenters. The number of nitrogens with zero attached hydrogens (tertiary/aromatic N) is 1. The van der Waals surface area contributed by atoms with Gasteiger partial charge in [0.1, 0.15) is 0 Å². The monoisotopic (exact) mass is 518 g/mol. The molecule has 0 unspecified atom stereocenters. The van der Waals surface area contributed by atoms with Crippen molar-refractivity contribution < 1.29 is 19.4 Å². The van der Waals surface area contributed by atoms with E-state index in [9.17, 15) is 14.7 Å². The van der Waals surface area contributed by atoms with E-state index in [-0.39, 0.29) is 41.4 Å². The molecule has 1 fully saturated rings. The summed E-state index contributed by atoms with van der Waals surface area (Å²) in [5.74, 6) is -0.387. The summed E-state index contributed by atoms with van der Waals surface area (Å²) < 4.78 is 4.87. The molecule has 2 N–H and O–H groups in total. The van der Waals surface area contributed by atoms with Crippen LogP contribution in [0, 0.1) is 16.7 Å². The number of esters is 1.